The van der Waals surface area contributed by atoms with Crippen molar-refractivity contribution in [3.05, 3.63) is 58.4 Å². The SMILES string of the molecule is O=C(NCCc1nc(-c2ccccc2F)no1)c1cccs1. The average Bonchev–Trinajstić information content (AvgIpc) is 3.19. The maximum absolute atomic E-state index is 13.6. The summed E-state index contributed by atoms with van der Waals surface area (Å²) in [4.78, 5) is 16.5. The van der Waals surface area contributed by atoms with Crippen molar-refractivity contribution in [2.24, 2.45) is 0 Å². The second-order valence-corrected chi connectivity index (χ2v) is 5.42. The fourth-order valence-electron chi connectivity index (χ4n) is 1.89. The fraction of sp³-hybridized carbons (Fsp3) is 0.133. The van der Waals surface area contributed by atoms with Crippen LogP contribution in [-0.2, 0) is 6.42 Å². The molecule has 0 bridgehead atoms. The fourth-order valence-corrected chi connectivity index (χ4v) is 2.53. The van der Waals surface area contributed by atoms with Crippen LogP contribution in [0.5, 0.6) is 0 Å². The summed E-state index contributed by atoms with van der Waals surface area (Å²) in [6, 6.07) is 9.80. The summed E-state index contributed by atoms with van der Waals surface area (Å²) in [6.07, 6.45) is 0.387. The lowest BCUT2D eigenvalue weighted by Crippen LogP contribution is -2.24. The minimum atomic E-state index is -0.402. The predicted molar refractivity (Wildman–Crippen MR) is 80.0 cm³/mol. The number of benzene rings is 1. The molecule has 22 heavy (non-hydrogen) atoms. The number of carbonyl (C=O) groups is 1. The zero-order valence-corrected chi connectivity index (χ0v) is 12.3. The van der Waals surface area contributed by atoms with Gasteiger partial charge in [-0.2, -0.15) is 4.98 Å². The van der Waals surface area contributed by atoms with E-state index in [9.17, 15) is 9.18 Å². The Hall–Kier alpha value is -2.54. The minimum absolute atomic E-state index is 0.135. The molecule has 0 aliphatic heterocycles. The number of aromatic nitrogens is 2. The van der Waals surface area contributed by atoms with E-state index in [0.717, 1.165) is 0 Å². The summed E-state index contributed by atoms with van der Waals surface area (Å²) in [5.74, 6) is 0.0205. The minimum Gasteiger partial charge on any atom is -0.351 e. The molecule has 3 aromatic rings. The lowest BCUT2D eigenvalue weighted by atomic mass is 10.2. The summed E-state index contributed by atoms with van der Waals surface area (Å²) in [5, 5.41) is 8.36. The molecule has 112 valence electrons. The molecular formula is C15H12FN3O2S. The normalized spacial score (nSPS) is 10.6. The van der Waals surface area contributed by atoms with E-state index in [2.05, 4.69) is 15.5 Å². The number of nitrogens with zero attached hydrogens (tertiary/aromatic N) is 2. The molecule has 0 unspecified atom stereocenters. The predicted octanol–water partition coefficient (Wildman–Crippen LogP) is 2.91. The number of nitrogens with one attached hydrogen (secondary N) is 1. The van der Waals surface area contributed by atoms with E-state index in [4.69, 9.17) is 4.52 Å². The first-order valence-corrected chi connectivity index (χ1v) is 7.51. The molecule has 2 heterocycles. The molecule has 5 nitrogen and oxygen atoms in total. The Morgan fingerprint density at radius 3 is 2.91 bits per heavy atom. The van der Waals surface area contributed by atoms with Crippen molar-refractivity contribution in [3.63, 3.8) is 0 Å². The number of thiophene rings is 1. The topological polar surface area (TPSA) is 68.0 Å². The van der Waals surface area contributed by atoms with Gasteiger partial charge < -0.3 is 9.84 Å². The van der Waals surface area contributed by atoms with E-state index in [1.165, 1.54) is 17.4 Å². The van der Waals surface area contributed by atoms with Gasteiger partial charge in [0.15, 0.2) is 0 Å². The van der Waals surface area contributed by atoms with Crippen molar-refractivity contribution in [2.75, 3.05) is 6.54 Å². The Labute approximate surface area is 129 Å². The molecule has 1 amide bonds. The van der Waals surface area contributed by atoms with Crippen molar-refractivity contribution < 1.29 is 13.7 Å². The molecule has 0 aliphatic carbocycles. The Balaban J connectivity index is 1.58. The third-order valence-electron chi connectivity index (χ3n) is 2.95. The van der Waals surface area contributed by atoms with Gasteiger partial charge in [0.2, 0.25) is 11.7 Å². The molecule has 7 heteroatoms. The van der Waals surface area contributed by atoms with Gasteiger partial charge in [0.25, 0.3) is 5.91 Å². The van der Waals surface area contributed by atoms with Gasteiger partial charge in [-0.3, -0.25) is 4.79 Å². The van der Waals surface area contributed by atoms with E-state index in [0.29, 0.717) is 29.3 Å². The highest BCUT2D eigenvalue weighted by atomic mass is 32.1. The van der Waals surface area contributed by atoms with Gasteiger partial charge in [0.1, 0.15) is 5.82 Å². The highest BCUT2D eigenvalue weighted by molar-refractivity contribution is 7.12. The zero-order chi connectivity index (χ0) is 15.4. The molecule has 2 aromatic heterocycles. The highest BCUT2D eigenvalue weighted by Gasteiger charge is 2.12. The van der Waals surface area contributed by atoms with Crippen LogP contribution in [0.1, 0.15) is 15.6 Å². The van der Waals surface area contributed by atoms with Crippen LogP contribution in [0.3, 0.4) is 0 Å². The number of rotatable bonds is 5. The molecule has 0 atom stereocenters. The van der Waals surface area contributed by atoms with Gasteiger partial charge in [-0.05, 0) is 23.6 Å². The van der Waals surface area contributed by atoms with Crippen LogP contribution in [0.25, 0.3) is 11.4 Å². The second kappa shape index (κ2) is 6.48. The zero-order valence-electron chi connectivity index (χ0n) is 11.5. The Kier molecular flexibility index (Phi) is 4.24. The smallest absolute Gasteiger partial charge is 0.261 e. The number of halogens is 1. The number of hydrogen-bond acceptors (Lipinski definition) is 5. The van der Waals surface area contributed by atoms with Crippen LogP contribution in [0.15, 0.2) is 46.3 Å². The van der Waals surface area contributed by atoms with E-state index < -0.39 is 5.82 Å². The summed E-state index contributed by atoms with van der Waals surface area (Å²) in [7, 11) is 0. The van der Waals surface area contributed by atoms with Gasteiger partial charge in [-0.25, -0.2) is 4.39 Å². The summed E-state index contributed by atoms with van der Waals surface area (Å²) in [6.45, 7) is 0.371. The molecule has 0 spiro atoms. The first kappa shape index (κ1) is 14.4. The van der Waals surface area contributed by atoms with Crippen molar-refractivity contribution in [1.82, 2.24) is 15.5 Å². The van der Waals surface area contributed by atoms with Gasteiger partial charge in [-0.1, -0.05) is 23.4 Å². The van der Waals surface area contributed by atoms with Crippen LogP contribution in [-0.4, -0.2) is 22.6 Å². The summed E-state index contributed by atoms with van der Waals surface area (Å²) >= 11 is 1.38. The molecule has 1 N–H and O–H groups in total. The van der Waals surface area contributed by atoms with Gasteiger partial charge in [0, 0.05) is 13.0 Å². The van der Waals surface area contributed by atoms with Crippen LogP contribution in [0.2, 0.25) is 0 Å². The van der Waals surface area contributed by atoms with Gasteiger partial charge in [0.05, 0.1) is 10.4 Å². The van der Waals surface area contributed by atoms with E-state index in [1.54, 1.807) is 24.3 Å². The van der Waals surface area contributed by atoms with Gasteiger partial charge in [-0.15, -0.1) is 11.3 Å². The Bertz CT molecular complexity index is 771. The van der Waals surface area contributed by atoms with Crippen molar-refractivity contribution in [2.45, 2.75) is 6.42 Å². The van der Waals surface area contributed by atoms with E-state index >= 15 is 0 Å². The molecular weight excluding hydrogens is 305 g/mol. The van der Waals surface area contributed by atoms with Crippen LogP contribution < -0.4 is 5.32 Å². The Morgan fingerprint density at radius 1 is 1.27 bits per heavy atom. The van der Waals surface area contributed by atoms with Crippen molar-refractivity contribution >= 4 is 17.2 Å². The van der Waals surface area contributed by atoms with Gasteiger partial charge >= 0.3 is 0 Å². The average molecular weight is 317 g/mol. The Morgan fingerprint density at radius 2 is 2.14 bits per heavy atom. The molecule has 0 radical (unpaired) electrons. The lowest BCUT2D eigenvalue weighted by Gasteiger charge is -2.00. The number of carbonyl (C=O) groups excluding carboxylic acids is 1. The summed E-state index contributed by atoms with van der Waals surface area (Å²) in [5.41, 5.74) is 0.292. The standard InChI is InChI=1S/C15H12FN3O2S/c16-11-5-2-1-4-10(11)14-18-13(21-19-14)7-8-17-15(20)12-6-3-9-22-12/h1-6,9H,7-8H2,(H,17,20). The molecule has 3 rings (SSSR count). The van der Waals surface area contributed by atoms with Crippen molar-refractivity contribution in [3.8, 4) is 11.4 Å². The highest BCUT2D eigenvalue weighted by Crippen LogP contribution is 2.19. The monoisotopic (exact) mass is 317 g/mol. The maximum atomic E-state index is 13.6. The van der Waals surface area contributed by atoms with Crippen molar-refractivity contribution in [1.29, 1.82) is 0 Å². The lowest BCUT2D eigenvalue weighted by molar-refractivity contribution is 0.0957. The van der Waals surface area contributed by atoms with Crippen LogP contribution in [0, 0.1) is 5.82 Å². The first-order chi connectivity index (χ1) is 10.7. The molecule has 0 saturated heterocycles. The molecule has 1 aromatic carbocycles. The number of amides is 1. The quantitative estimate of drug-likeness (QED) is 0.785. The molecule has 0 fully saturated rings. The third kappa shape index (κ3) is 3.20. The van der Waals surface area contributed by atoms with Crippen LogP contribution >= 0.6 is 11.3 Å². The molecule has 0 saturated carbocycles. The van der Waals surface area contributed by atoms with Crippen LogP contribution in [0.4, 0.5) is 4.39 Å². The maximum Gasteiger partial charge on any atom is 0.261 e. The number of hydrogen-bond donors (Lipinski definition) is 1. The first-order valence-electron chi connectivity index (χ1n) is 6.63. The largest absolute Gasteiger partial charge is 0.351 e. The molecule has 0 aliphatic rings. The second-order valence-electron chi connectivity index (χ2n) is 4.47. The van der Waals surface area contributed by atoms with E-state index in [-0.39, 0.29) is 11.7 Å². The third-order valence-corrected chi connectivity index (χ3v) is 3.82. The summed E-state index contributed by atoms with van der Waals surface area (Å²) < 4.78 is 18.7. The van der Waals surface area contributed by atoms with E-state index in [1.807, 2.05) is 11.4 Å².